The van der Waals surface area contributed by atoms with Crippen molar-refractivity contribution in [3.05, 3.63) is 79.8 Å². The molecule has 1 aromatic heterocycles. The first-order valence-electron chi connectivity index (χ1n) is 7.84. The highest BCUT2D eigenvalue weighted by atomic mass is 79.9. The number of aromatic amines is 1. The Morgan fingerprint density at radius 2 is 2.07 bits per heavy atom. The summed E-state index contributed by atoms with van der Waals surface area (Å²) in [5.74, 6) is -0.404. The number of aromatic nitrogens is 2. The maximum Gasteiger partial charge on any atom is 0.270 e. The van der Waals surface area contributed by atoms with Crippen LogP contribution in [0.3, 0.4) is 0 Å². The summed E-state index contributed by atoms with van der Waals surface area (Å²) in [5, 5.41) is 13.2. The predicted octanol–water partition coefficient (Wildman–Crippen LogP) is 3.96. The van der Waals surface area contributed by atoms with Gasteiger partial charge in [-0.1, -0.05) is 30.3 Å². The molecule has 6 nitrogen and oxygen atoms in total. The standard InChI is InChI=1S/C19H13BrFN5O/c1-11-7-13(16(21)15(20)8-11)10-23-26-19-24-17(12-5-3-2-4-6-12)14(9-22)18(27)25-19/h2-8,10H,1H3,(H2,24,25,26,27). The van der Waals surface area contributed by atoms with E-state index in [0.717, 1.165) is 5.56 Å². The van der Waals surface area contributed by atoms with Gasteiger partial charge < -0.3 is 0 Å². The zero-order chi connectivity index (χ0) is 19.4. The summed E-state index contributed by atoms with van der Waals surface area (Å²) in [6, 6.07) is 14.0. The summed E-state index contributed by atoms with van der Waals surface area (Å²) in [5.41, 5.74) is 3.89. The summed E-state index contributed by atoms with van der Waals surface area (Å²) >= 11 is 3.15. The Kier molecular flexibility index (Phi) is 5.43. The summed E-state index contributed by atoms with van der Waals surface area (Å²) in [4.78, 5) is 18.9. The molecule has 3 aromatic rings. The number of nitrogens with one attached hydrogen (secondary N) is 2. The van der Waals surface area contributed by atoms with Gasteiger partial charge in [-0.15, -0.1) is 0 Å². The number of nitrogens with zero attached hydrogens (tertiary/aromatic N) is 3. The van der Waals surface area contributed by atoms with E-state index in [-0.39, 0.29) is 22.8 Å². The molecule has 0 spiro atoms. The molecule has 3 rings (SSSR count). The van der Waals surface area contributed by atoms with Gasteiger partial charge in [0.1, 0.15) is 17.4 Å². The first-order valence-corrected chi connectivity index (χ1v) is 8.63. The summed E-state index contributed by atoms with van der Waals surface area (Å²) < 4.78 is 14.4. The van der Waals surface area contributed by atoms with Crippen LogP contribution in [0.25, 0.3) is 11.3 Å². The number of nitriles is 1. The lowest BCUT2D eigenvalue weighted by Gasteiger charge is -2.06. The number of anilines is 1. The molecule has 2 aromatic carbocycles. The molecule has 0 fully saturated rings. The fraction of sp³-hybridized carbons (Fsp3) is 0.0526. The van der Waals surface area contributed by atoms with E-state index < -0.39 is 11.4 Å². The van der Waals surface area contributed by atoms with Crippen LogP contribution in [0.1, 0.15) is 16.7 Å². The Hall–Kier alpha value is -3.31. The van der Waals surface area contributed by atoms with E-state index in [1.54, 1.807) is 36.4 Å². The van der Waals surface area contributed by atoms with Crippen LogP contribution >= 0.6 is 15.9 Å². The van der Waals surface area contributed by atoms with Crippen molar-refractivity contribution >= 4 is 28.1 Å². The molecule has 0 saturated heterocycles. The fourth-order valence-electron chi connectivity index (χ4n) is 2.44. The first kappa shape index (κ1) is 18.5. The van der Waals surface area contributed by atoms with Gasteiger partial charge in [0, 0.05) is 11.1 Å². The first-order chi connectivity index (χ1) is 13.0. The number of hydrazone groups is 1. The lowest BCUT2D eigenvalue weighted by molar-refractivity contribution is 0.618. The highest BCUT2D eigenvalue weighted by molar-refractivity contribution is 9.10. The molecule has 1 heterocycles. The van der Waals surface area contributed by atoms with Gasteiger partial charge >= 0.3 is 0 Å². The third-order valence-corrected chi connectivity index (χ3v) is 4.23. The maximum absolute atomic E-state index is 14.1. The SMILES string of the molecule is Cc1cc(Br)c(F)c(C=NNc2nc(-c3ccccc3)c(C#N)c(=O)[nH]2)c1. The molecule has 2 N–H and O–H groups in total. The molecule has 0 amide bonds. The molecule has 0 radical (unpaired) electrons. The molecule has 0 bridgehead atoms. The second-order valence-electron chi connectivity index (χ2n) is 5.64. The number of aryl methyl sites for hydroxylation is 1. The molecular formula is C19H13BrFN5O. The molecule has 0 atom stereocenters. The predicted molar refractivity (Wildman–Crippen MR) is 105 cm³/mol. The van der Waals surface area contributed by atoms with E-state index in [1.807, 2.05) is 19.1 Å². The van der Waals surface area contributed by atoms with Crippen molar-refractivity contribution in [3.8, 4) is 17.3 Å². The number of benzene rings is 2. The lowest BCUT2D eigenvalue weighted by Crippen LogP contribution is -2.16. The molecule has 0 unspecified atom stereocenters. The van der Waals surface area contributed by atoms with Crippen LogP contribution in [0.5, 0.6) is 0 Å². The van der Waals surface area contributed by atoms with E-state index >= 15 is 0 Å². The minimum atomic E-state index is -0.589. The Labute approximate surface area is 162 Å². The second kappa shape index (κ2) is 7.93. The van der Waals surface area contributed by atoms with Gasteiger partial charge in [0.2, 0.25) is 5.95 Å². The fourth-order valence-corrected chi connectivity index (χ4v) is 3.03. The quantitative estimate of drug-likeness (QED) is 0.488. The highest BCUT2D eigenvalue weighted by Crippen LogP contribution is 2.21. The van der Waals surface area contributed by atoms with Crippen LogP contribution < -0.4 is 11.0 Å². The maximum atomic E-state index is 14.1. The van der Waals surface area contributed by atoms with Crippen molar-refractivity contribution < 1.29 is 4.39 Å². The van der Waals surface area contributed by atoms with E-state index in [4.69, 9.17) is 0 Å². The van der Waals surface area contributed by atoms with Crippen molar-refractivity contribution in [1.82, 2.24) is 9.97 Å². The van der Waals surface area contributed by atoms with E-state index in [9.17, 15) is 14.4 Å². The Morgan fingerprint density at radius 1 is 1.33 bits per heavy atom. The Bertz CT molecular complexity index is 1120. The molecule has 0 aliphatic heterocycles. The van der Waals surface area contributed by atoms with Gasteiger partial charge in [-0.05, 0) is 40.5 Å². The van der Waals surface area contributed by atoms with Crippen molar-refractivity contribution in [2.24, 2.45) is 5.10 Å². The molecule has 27 heavy (non-hydrogen) atoms. The van der Waals surface area contributed by atoms with E-state index in [2.05, 4.69) is 36.4 Å². The Morgan fingerprint density at radius 3 is 2.78 bits per heavy atom. The minimum Gasteiger partial charge on any atom is -0.290 e. The molecule has 0 aliphatic carbocycles. The molecule has 0 saturated carbocycles. The zero-order valence-electron chi connectivity index (χ0n) is 14.1. The van der Waals surface area contributed by atoms with E-state index in [0.29, 0.717) is 10.0 Å². The number of halogens is 2. The van der Waals surface area contributed by atoms with Gasteiger partial charge in [0.25, 0.3) is 5.56 Å². The summed E-state index contributed by atoms with van der Waals surface area (Å²) in [7, 11) is 0. The minimum absolute atomic E-state index is 0.0428. The third-order valence-electron chi connectivity index (χ3n) is 3.65. The van der Waals surface area contributed by atoms with Gasteiger partial charge in [-0.2, -0.15) is 10.4 Å². The van der Waals surface area contributed by atoms with Gasteiger partial charge in [0.05, 0.1) is 16.4 Å². The van der Waals surface area contributed by atoms with Gasteiger partial charge in [-0.25, -0.2) is 14.8 Å². The number of H-pyrrole nitrogens is 1. The van der Waals surface area contributed by atoms with Crippen molar-refractivity contribution in [2.75, 3.05) is 5.43 Å². The second-order valence-corrected chi connectivity index (χ2v) is 6.49. The van der Waals surface area contributed by atoms with Crippen LogP contribution in [0, 0.1) is 24.1 Å². The number of hydrogen-bond donors (Lipinski definition) is 2. The topological polar surface area (TPSA) is 93.9 Å². The highest BCUT2D eigenvalue weighted by Gasteiger charge is 2.13. The normalized spacial score (nSPS) is 10.7. The van der Waals surface area contributed by atoms with Crippen molar-refractivity contribution in [1.29, 1.82) is 5.26 Å². The van der Waals surface area contributed by atoms with Gasteiger partial charge in [-0.3, -0.25) is 9.78 Å². The molecule has 8 heteroatoms. The number of rotatable bonds is 4. The lowest BCUT2D eigenvalue weighted by atomic mass is 10.1. The van der Waals surface area contributed by atoms with Crippen molar-refractivity contribution in [2.45, 2.75) is 6.92 Å². The van der Waals surface area contributed by atoms with Gasteiger partial charge in [0.15, 0.2) is 0 Å². The molecular weight excluding hydrogens is 413 g/mol. The third kappa shape index (κ3) is 4.10. The average Bonchev–Trinajstić information content (AvgIpc) is 2.66. The summed E-state index contributed by atoms with van der Waals surface area (Å²) in [6.45, 7) is 1.83. The van der Waals surface area contributed by atoms with E-state index in [1.165, 1.54) is 6.21 Å². The number of hydrogen-bond acceptors (Lipinski definition) is 5. The van der Waals surface area contributed by atoms with Crippen LogP contribution in [-0.4, -0.2) is 16.2 Å². The van der Waals surface area contributed by atoms with Crippen LogP contribution in [0.4, 0.5) is 10.3 Å². The summed E-state index contributed by atoms with van der Waals surface area (Å²) in [6.07, 6.45) is 1.29. The average molecular weight is 426 g/mol. The largest absolute Gasteiger partial charge is 0.290 e. The van der Waals surface area contributed by atoms with Crippen LogP contribution in [0.2, 0.25) is 0 Å². The van der Waals surface area contributed by atoms with Crippen LogP contribution in [0.15, 0.2) is 56.8 Å². The monoisotopic (exact) mass is 425 g/mol. The van der Waals surface area contributed by atoms with Crippen LogP contribution in [-0.2, 0) is 0 Å². The Balaban J connectivity index is 1.94. The smallest absolute Gasteiger partial charge is 0.270 e. The van der Waals surface area contributed by atoms with Crippen molar-refractivity contribution in [3.63, 3.8) is 0 Å². The molecule has 0 aliphatic rings. The molecule has 134 valence electrons. The zero-order valence-corrected chi connectivity index (χ0v) is 15.7.